The van der Waals surface area contributed by atoms with Crippen molar-refractivity contribution in [3.8, 4) is 0 Å². The van der Waals surface area contributed by atoms with Crippen LogP contribution in [-0.2, 0) is 9.53 Å². The molecule has 2 N–H and O–H groups in total. The van der Waals surface area contributed by atoms with Gasteiger partial charge in [-0.25, -0.2) is 0 Å². The van der Waals surface area contributed by atoms with E-state index in [-0.39, 0.29) is 11.8 Å². The Bertz CT molecular complexity index is 1370. The van der Waals surface area contributed by atoms with E-state index in [1.54, 1.807) is 30.5 Å². The van der Waals surface area contributed by atoms with Crippen molar-refractivity contribution in [3.63, 3.8) is 0 Å². The zero-order valence-corrected chi connectivity index (χ0v) is 20.9. The fraction of sp³-hybridized carbons (Fsp3) is 0.231. The molecule has 2 aliphatic rings. The standard InChI is InChI=1S/C26H24ClN5O3S/c27-20-5-4-19(24(33)29-8-9-32-10-12-35-13-11-32)16-22(20)30-26-31-25(34)23(36-26)15-17-3-6-21-18(14-17)2-1-7-28-21/h1-7,14-16H,8-13H2,(H,29,33)(H,30,31,34). The summed E-state index contributed by atoms with van der Waals surface area (Å²) in [6.07, 6.45) is 3.55. The largest absolute Gasteiger partial charge is 0.379 e. The summed E-state index contributed by atoms with van der Waals surface area (Å²) >= 11 is 7.59. The van der Waals surface area contributed by atoms with Gasteiger partial charge in [0.15, 0.2) is 5.17 Å². The summed E-state index contributed by atoms with van der Waals surface area (Å²) in [6, 6.07) is 14.7. The summed E-state index contributed by atoms with van der Waals surface area (Å²) in [5.74, 6) is -0.520. The predicted octanol–water partition coefficient (Wildman–Crippen LogP) is 4.03. The maximum Gasteiger partial charge on any atom is 0.286 e. The Hall–Kier alpha value is -3.24. The number of anilines is 1. The van der Waals surface area contributed by atoms with Gasteiger partial charge in [0.2, 0.25) is 0 Å². The Morgan fingerprint density at radius 1 is 1.17 bits per heavy atom. The first kappa shape index (κ1) is 24.5. The van der Waals surface area contributed by atoms with Gasteiger partial charge in [-0.15, -0.1) is 0 Å². The van der Waals surface area contributed by atoms with Crippen LogP contribution in [0.2, 0.25) is 5.02 Å². The summed E-state index contributed by atoms with van der Waals surface area (Å²) in [6.45, 7) is 4.50. The molecular formula is C26H24ClN5O3S. The Morgan fingerprint density at radius 3 is 2.89 bits per heavy atom. The highest BCUT2D eigenvalue weighted by Gasteiger charge is 2.23. The summed E-state index contributed by atoms with van der Waals surface area (Å²) in [4.78, 5) is 36.4. The van der Waals surface area contributed by atoms with E-state index in [1.165, 1.54) is 11.8 Å². The number of amides is 2. The number of amidine groups is 1. The summed E-state index contributed by atoms with van der Waals surface area (Å²) < 4.78 is 5.35. The number of fused-ring (bicyclic) bond motifs is 1. The number of benzene rings is 2. The number of nitrogens with zero attached hydrogens (tertiary/aromatic N) is 3. The molecule has 0 radical (unpaired) electrons. The Morgan fingerprint density at radius 2 is 2.03 bits per heavy atom. The quantitative estimate of drug-likeness (QED) is 0.473. The van der Waals surface area contributed by atoms with Crippen LogP contribution in [0.3, 0.4) is 0 Å². The molecular weight excluding hydrogens is 498 g/mol. The minimum atomic E-state index is -0.332. The monoisotopic (exact) mass is 521 g/mol. The first-order valence-electron chi connectivity index (χ1n) is 11.6. The molecule has 3 aromatic rings. The van der Waals surface area contributed by atoms with Gasteiger partial charge in [-0.3, -0.25) is 19.5 Å². The van der Waals surface area contributed by atoms with Crippen molar-refractivity contribution in [3.05, 3.63) is 75.8 Å². The number of carbonyl (C=O) groups is 2. The molecule has 1 saturated heterocycles. The van der Waals surface area contributed by atoms with Crippen LogP contribution >= 0.6 is 23.4 Å². The smallest absolute Gasteiger partial charge is 0.286 e. The number of nitrogens with one attached hydrogen (secondary N) is 2. The number of aromatic nitrogens is 1. The van der Waals surface area contributed by atoms with E-state index in [4.69, 9.17) is 16.3 Å². The number of hydrogen-bond acceptors (Lipinski definition) is 7. The summed E-state index contributed by atoms with van der Waals surface area (Å²) in [7, 11) is 0. The number of pyridine rings is 1. The normalized spacial score (nSPS) is 17.4. The third-order valence-corrected chi connectivity index (χ3v) is 7.06. The van der Waals surface area contributed by atoms with Crippen molar-refractivity contribution in [2.45, 2.75) is 0 Å². The van der Waals surface area contributed by atoms with Gasteiger partial charge < -0.3 is 15.4 Å². The molecule has 36 heavy (non-hydrogen) atoms. The molecule has 0 atom stereocenters. The van der Waals surface area contributed by atoms with Gasteiger partial charge in [0.05, 0.1) is 34.3 Å². The second kappa shape index (κ2) is 11.2. The molecule has 0 spiro atoms. The van der Waals surface area contributed by atoms with Crippen LogP contribution in [0.1, 0.15) is 15.9 Å². The molecule has 8 nitrogen and oxygen atoms in total. The molecule has 184 valence electrons. The van der Waals surface area contributed by atoms with Gasteiger partial charge in [0, 0.05) is 43.3 Å². The van der Waals surface area contributed by atoms with Gasteiger partial charge in [-0.2, -0.15) is 4.99 Å². The molecule has 2 aromatic carbocycles. The fourth-order valence-electron chi connectivity index (χ4n) is 3.93. The van der Waals surface area contributed by atoms with Crippen molar-refractivity contribution >= 4 is 63.0 Å². The third-order valence-electron chi connectivity index (χ3n) is 5.83. The first-order valence-corrected chi connectivity index (χ1v) is 12.8. The molecule has 3 heterocycles. The molecule has 5 rings (SSSR count). The number of morpholine rings is 1. The maximum atomic E-state index is 12.7. The molecule has 0 saturated carbocycles. The first-order chi connectivity index (χ1) is 17.5. The van der Waals surface area contributed by atoms with Gasteiger partial charge in [0.1, 0.15) is 0 Å². The van der Waals surface area contributed by atoms with Crippen LogP contribution < -0.4 is 10.6 Å². The summed E-state index contributed by atoms with van der Waals surface area (Å²) in [5, 5.41) is 7.86. The molecule has 1 fully saturated rings. The van der Waals surface area contributed by atoms with Crippen LogP contribution in [0, 0.1) is 0 Å². The van der Waals surface area contributed by atoms with Crippen LogP contribution in [0.15, 0.2) is 64.6 Å². The lowest BCUT2D eigenvalue weighted by Crippen LogP contribution is -2.41. The highest BCUT2D eigenvalue weighted by atomic mass is 35.5. The Labute approximate surface area is 217 Å². The lowest BCUT2D eigenvalue weighted by molar-refractivity contribution is -0.113. The minimum absolute atomic E-state index is 0.188. The van der Waals surface area contributed by atoms with Gasteiger partial charge in [-0.1, -0.05) is 23.7 Å². The average Bonchev–Trinajstić information content (AvgIpc) is 3.24. The molecule has 10 heteroatoms. The number of ether oxygens (including phenoxy) is 1. The van der Waals surface area contributed by atoms with Crippen molar-refractivity contribution < 1.29 is 14.3 Å². The van der Waals surface area contributed by atoms with Crippen LogP contribution in [0.25, 0.3) is 17.0 Å². The van der Waals surface area contributed by atoms with Crippen molar-refractivity contribution in [1.29, 1.82) is 0 Å². The second-order valence-corrected chi connectivity index (χ2v) is 9.76. The van der Waals surface area contributed by atoms with Crippen molar-refractivity contribution in [2.75, 3.05) is 44.7 Å². The number of carbonyl (C=O) groups excluding carboxylic acids is 2. The van der Waals surface area contributed by atoms with Gasteiger partial charge in [-0.05, 0) is 59.8 Å². The topological polar surface area (TPSA) is 95.9 Å². The van der Waals surface area contributed by atoms with Gasteiger partial charge in [0.25, 0.3) is 11.8 Å². The average molecular weight is 522 g/mol. The van der Waals surface area contributed by atoms with E-state index in [0.29, 0.717) is 32.9 Å². The van der Waals surface area contributed by atoms with E-state index in [0.717, 1.165) is 49.3 Å². The number of hydrogen-bond donors (Lipinski definition) is 2. The highest BCUT2D eigenvalue weighted by Crippen LogP contribution is 2.32. The molecule has 0 unspecified atom stereocenters. The fourth-order valence-corrected chi connectivity index (χ4v) is 4.92. The third kappa shape index (κ3) is 5.93. The van der Waals surface area contributed by atoms with E-state index in [1.807, 2.05) is 30.3 Å². The van der Waals surface area contributed by atoms with Crippen LogP contribution in [-0.4, -0.2) is 66.3 Å². The second-order valence-electron chi connectivity index (χ2n) is 8.32. The Balaban J connectivity index is 1.22. The van der Waals surface area contributed by atoms with Crippen LogP contribution in [0.4, 0.5) is 5.69 Å². The zero-order valence-electron chi connectivity index (χ0n) is 19.4. The van der Waals surface area contributed by atoms with E-state index in [2.05, 4.69) is 25.5 Å². The molecule has 2 aliphatic heterocycles. The van der Waals surface area contributed by atoms with Crippen LogP contribution in [0.5, 0.6) is 0 Å². The van der Waals surface area contributed by atoms with E-state index < -0.39 is 0 Å². The molecule has 2 amide bonds. The van der Waals surface area contributed by atoms with E-state index >= 15 is 0 Å². The Kier molecular flexibility index (Phi) is 7.62. The maximum absolute atomic E-state index is 12.7. The lowest BCUT2D eigenvalue weighted by atomic mass is 10.1. The number of halogens is 1. The van der Waals surface area contributed by atoms with E-state index in [9.17, 15) is 9.59 Å². The molecule has 0 bridgehead atoms. The zero-order chi connectivity index (χ0) is 24.9. The summed E-state index contributed by atoms with van der Waals surface area (Å²) in [5.41, 5.74) is 2.76. The minimum Gasteiger partial charge on any atom is -0.379 e. The lowest BCUT2D eigenvalue weighted by Gasteiger charge is -2.26. The SMILES string of the molecule is O=C1N=C(Nc2cc(C(=O)NCCN3CCOCC3)ccc2Cl)SC1=Cc1ccc2ncccc2c1. The van der Waals surface area contributed by atoms with Crippen molar-refractivity contribution in [2.24, 2.45) is 4.99 Å². The number of aliphatic imine (C=N–C) groups is 1. The van der Waals surface area contributed by atoms with Crippen molar-refractivity contribution in [1.82, 2.24) is 15.2 Å². The molecule has 1 aromatic heterocycles. The number of thioether (sulfide) groups is 1. The predicted molar refractivity (Wildman–Crippen MR) is 144 cm³/mol. The highest BCUT2D eigenvalue weighted by molar-refractivity contribution is 8.18. The van der Waals surface area contributed by atoms with Gasteiger partial charge >= 0.3 is 0 Å². The molecule has 0 aliphatic carbocycles. The number of rotatable bonds is 6.